The summed E-state index contributed by atoms with van der Waals surface area (Å²) in [6.07, 6.45) is 3.79. The van der Waals surface area contributed by atoms with Gasteiger partial charge in [-0.1, -0.05) is 0 Å². The maximum atomic E-state index is 12.7. The minimum Gasteiger partial charge on any atom is -0.342 e. The van der Waals surface area contributed by atoms with Gasteiger partial charge in [0.25, 0.3) is 0 Å². The predicted octanol–water partition coefficient (Wildman–Crippen LogP) is 2.63. The summed E-state index contributed by atoms with van der Waals surface area (Å²) in [5, 5.41) is 1.05. The first kappa shape index (κ1) is 18.4. The molecule has 26 heavy (non-hydrogen) atoms. The van der Waals surface area contributed by atoms with Crippen molar-refractivity contribution >= 4 is 22.8 Å². The highest BCUT2D eigenvalue weighted by Gasteiger charge is 2.27. The maximum Gasteiger partial charge on any atom is 0.242 e. The summed E-state index contributed by atoms with van der Waals surface area (Å²) in [4.78, 5) is 32.8. The molecule has 0 N–H and O–H groups in total. The molecule has 0 saturated carbocycles. The Morgan fingerprint density at radius 2 is 2.08 bits per heavy atom. The Labute approximate surface area is 154 Å². The molecule has 1 atom stereocenters. The number of likely N-dealkylation sites (N-methyl/N-ethyl adjacent to an activating group) is 1. The Morgan fingerprint density at radius 3 is 2.77 bits per heavy atom. The first-order chi connectivity index (χ1) is 12.5. The number of pyridine rings is 1. The SMILES string of the molecule is CCN(CC)C(=O)Cn1c(C2CCCN(C(C)=O)C2)cc2cccnc21. The molecule has 1 aliphatic heterocycles. The van der Waals surface area contributed by atoms with Gasteiger partial charge in [0.2, 0.25) is 11.8 Å². The van der Waals surface area contributed by atoms with Crippen LogP contribution >= 0.6 is 0 Å². The van der Waals surface area contributed by atoms with Gasteiger partial charge in [-0.25, -0.2) is 4.98 Å². The van der Waals surface area contributed by atoms with Crippen LogP contribution in [0.2, 0.25) is 0 Å². The quantitative estimate of drug-likeness (QED) is 0.827. The molecule has 0 spiro atoms. The predicted molar refractivity (Wildman–Crippen MR) is 102 cm³/mol. The summed E-state index contributed by atoms with van der Waals surface area (Å²) in [6, 6.07) is 6.10. The van der Waals surface area contributed by atoms with Gasteiger partial charge in [-0.05, 0) is 44.9 Å². The third-order valence-corrected chi connectivity index (χ3v) is 5.38. The highest BCUT2D eigenvalue weighted by atomic mass is 16.2. The van der Waals surface area contributed by atoms with Crippen molar-refractivity contribution in [2.75, 3.05) is 26.2 Å². The normalized spacial score (nSPS) is 17.5. The van der Waals surface area contributed by atoms with Crippen LogP contribution in [-0.2, 0) is 16.1 Å². The number of fused-ring (bicyclic) bond motifs is 1. The van der Waals surface area contributed by atoms with E-state index in [2.05, 4.69) is 15.6 Å². The van der Waals surface area contributed by atoms with Crippen LogP contribution in [0.5, 0.6) is 0 Å². The molecule has 1 fully saturated rings. The molecule has 3 heterocycles. The average molecular weight is 356 g/mol. The monoisotopic (exact) mass is 356 g/mol. The summed E-state index contributed by atoms with van der Waals surface area (Å²) in [5.74, 6) is 0.472. The van der Waals surface area contributed by atoms with Gasteiger partial charge < -0.3 is 14.4 Å². The zero-order valence-electron chi connectivity index (χ0n) is 15.9. The third kappa shape index (κ3) is 3.59. The molecule has 3 rings (SSSR count). The number of nitrogens with zero attached hydrogens (tertiary/aromatic N) is 4. The Bertz CT molecular complexity index is 794. The van der Waals surface area contributed by atoms with Gasteiger partial charge in [0.05, 0.1) is 0 Å². The van der Waals surface area contributed by atoms with Crippen molar-refractivity contribution in [1.82, 2.24) is 19.4 Å². The van der Waals surface area contributed by atoms with Crippen LogP contribution in [0.1, 0.15) is 45.2 Å². The Morgan fingerprint density at radius 1 is 1.31 bits per heavy atom. The number of hydrogen-bond donors (Lipinski definition) is 0. The second-order valence-corrected chi connectivity index (χ2v) is 6.94. The molecule has 0 radical (unpaired) electrons. The van der Waals surface area contributed by atoms with Crippen LogP contribution in [0.4, 0.5) is 0 Å². The highest BCUT2D eigenvalue weighted by Crippen LogP contribution is 2.31. The van der Waals surface area contributed by atoms with Gasteiger partial charge in [0.1, 0.15) is 12.2 Å². The Hall–Kier alpha value is -2.37. The number of piperidine rings is 1. The van der Waals surface area contributed by atoms with E-state index >= 15 is 0 Å². The minimum atomic E-state index is 0.110. The van der Waals surface area contributed by atoms with E-state index < -0.39 is 0 Å². The lowest BCUT2D eigenvalue weighted by atomic mass is 9.94. The number of amides is 2. The Balaban J connectivity index is 1.97. The smallest absolute Gasteiger partial charge is 0.242 e. The van der Waals surface area contributed by atoms with Crippen molar-refractivity contribution in [3.8, 4) is 0 Å². The van der Waals surface area contributed by atoms with Crippen LogP contribution in [0.3, 0.4) is 0 Å². The molecule has 0 bridgehead atoms. The lowest BCUT2D eigenvalue weighted by molar-refractivity contribution is -0.132. The summed E-state index contributed by atoms with van der Waals surface area (Å²) < 4.78 is 2.06. The molecular weight excluding hydrogens is 328 g/mol. The lowest BCUT2D eigenvalue weighted by Crippen LogP contribution is -2.39. The van der Waals surface area contributed by atoms with Crippen molar-refractivity contribution < 1.29 is 9.59 Å². The van der Waals surface area contributed by atoms with Crippen LogP contribution in [0.25, 0.3) is 11.0 Å². The number of carbonyl (C=O) groups is 2. The molecule has 140 valence electrons. The van der Waals surface area contributed by atoms with E-state index in [1.165, 1.54) is 0 Å². The molecule has 6 heteroatoms. The van der Waals surface area contributed by atoms with Crippen molar-refractivity contribution in [3.05, 3.63) is 30.1 Å². The molecule has 1 aliphatic rings. The molecule has 6 nitrogen and oxygen atoms in total. The molecule has 0 aliphatic carbocycles. The average Bonchev–Trinajstić information content (AvgIpc) is 3.01. The lowest BCUT2D eigenvalue weighted by Gasteiger charge is -2.32. The minimum absolute atomic E-state index is 0.110. The number of hydrogen-bond acceptors (Lipinski definition) is 3. The van der Waals surface area contributed by atoms with E-state index in [9.17, 15) is 9.59 Å². The second kappa shape index (κ2) is 7.89. The number of likely N-dealkylation sites (tertiary alicyclic amines) is 1. The van der Waals surface area contributed by atoms with Gasteiger partial charge >= 0.3 is 0 Å². The molecule has 1 unspecified atom stereocenters. The summed E-state index contributed by atoms with van der Waals surface area (Å²) in [5.41, 5.74) is 1.97. The summed E-state index contributed by atoms with van der Waals surface area (Å²) >= 11 is 0. The van der Waals surface area contributed by atoms with E-state index in [-0.39, 0.29) is 17.7 Å². The van der Waals surface area contributed by atoms with Gasteiger partial charge in [-0.15, -0.1) is 0 Å². The van der Waals surface area contributed by atoms with Crippen LogP contribution in [0.15, 0.2) is 24.4 Å². The maximum absolute atomic E-state index is 12.7. The molecular formula is C20H28N4O2. The molecule has 0 aromatic carbocycles. The van der Waals surface area contributed by atoms with E-state index in [1.54, 1.807) is 13.1 Å². The van der Waals surface area contributed by atoms with Crippen molar-refractivity contribution in [2.45, 2.75) is 46.1 Å². The second-order valence-electron chi connectivity index (χ2n) is 6.94. The van der Waals surface area contributed by atoms with Crippen molar-refractivity contribution in [2.24, 2.45) is 0 Å². The summed E-state index contributed by atoms with van der Waals surface area (Å²) in [6.45, 7) is 8.88. The first-order valence-corrected chi connectivity index (χ1v) is 9.52. The van der Waals surface area contributed by atoms with Crippen LogP contribution < -0.4 is 0 Å². The van der Waals surface area contributed by atoms with E-state index in [1.807, 2.05) is 35.8 Å². The van der Waals surface area contributed by atoms with Gasteiger partial charge in [-0.3, -0.25) is 9.59 Å². The summed E-state index contributed by atoms with van der Waals surface area (Å²) in [7, 11) is 0. The van der Waals surface area contributed by atoms with Crippen LogP contribution in [0, 0.1) is 0 Å². The molecule has 2 aromatic heterocycles. The standard InChI is InChI=1S/C20H28N4O2/c1-4-22(5-2)19(26)14-24-18(12-16-8-6-10-21-20(16)24)17-9-7-11-23(13-17)15(3)25/h6,8,10,12,17H,4-5,7,9,11,13-14H2,1-3H3. The van der Waals surface area contributed by atoms with E-state index in [4.69, 9.17) is 0 Å². The fourth-order valence-corrected chi connectivity index (χ4v) is 3.93. The number of carbonyl (C=O) groups excluding carboxylic acids is 2. The first-order valence-electron chi connectivity index (χ1n) is 9.52. The van der Waals surface area contributed by atoms with Gasteiger partial charge in [0, 0.05) is 56.3 Å². The zero-order chi connectivity index (χ0) is 18.7. The van der Waals surface area contributed by atoms with E-state index in [0.717, 1.165) is 36.1 Å². The number of aromatic nitrogens is 2. The number of rotatable bonds is 5. The largest absolute Gasteiger partial charge is 0.342 e. The van der Waals surface area contributed by atoms with Crippen molar-refractivity contribution in [1.29, 1.82) is 0 Å². The fourth-order valence-electron chi connectivity index (χ4n) is 3.93. The van der Waals surface area contributed by atoms with Gasteiger partial charge in [0.15, 0.2) is 0 Å². The van der Waals surface area contributed by atoms with Crippen molar-refractivity contribution in [3.63, 3.8) is 0 Å². The zero-order valence-corrected chi connectivity index (χ0v) is 15.9. The third-order valence-electron chi connectivity index (χ3n) is 5.38. The molecule has 2 aromatic rings. The van der Waals surface area contributed by atoms with Gasteiger partial charge in [-0.2, -0.15) is 0 Å². The Kier molecular flexibility index (Phi) is 5.59. The van der Waals surface area contributed by atoms with Crippen LogP contribution in [-0.4, -0.2) is 57.3 Å². The topological polar surface area (TPSA) is 58.4 Å². The van der Waals surface area contributed by atoms with E-state index in [0.29, 0.717) is 26.2 Å². The highest BCUT2D eigenvalue weighted by molar-refractivity contribution is 5.82. The molecule has 1 saturated heterocycles. The molecule has 2 amide bonds. The fraction of sp³-hybridized carbons (Fsp3) is 0.550.